The van der Waals surface area contributed by atoms with E-state index in [4.69, 9.17) is 9.72 Å². The predicted molar refractivity (Wildman–Crippen MR) is 197 cm³/mol. The molecular formula is C42H44N4O. The first-order chi connectivity index (χ1) is 22.5. The van der Waals surface area contributed by atoms with Crippen LogP contribution in [0.25, 0.3) is 27.6 Å². The Morgan fingerprint density at radius 1 is 0.638 bits per heavy atom. The molecule has 0 N–H and O–H groups in total. The van der Waals surface area contributed by atoms with Gasteiger partial charge in [0.1, 0.15) is 17.3 Å². The van der Waals surface area contributed by atoms with Gasteiger partial charge in [0.2, 0.25) is 0 Å². The maximum atomic E-state index is 6.55. The Morgan fingerprint density at radius 2 is 1.32 bits per heavy atom. The van der Waals surface area contributed by atoms with Crippen LogP contribution < -0.4 is 14.5 Å². The molecule has 0 aliphatic carbocycles. The lowest BCUT2D eigenvalue weighted by Crippen LogP contribution is -2.24. The Bertz CT molecular complexity index is 2090. The van der Waals surface area contributed by atoms with Crippen molar-refractivity contribution >= 4 is 33.2 Å². The van der Waals surface area contributed by atoms with Crippen LogP contribution in [0.3, 0.4) is 0 Å². The van der Waals surface area contributed by atoms with Gasteiger partial charge in [-0.25, -0.2) is 4.98 Å². The van der Waals surface area contributed by atoms with Gasteiger partial charge in [0.25, 0.3) is 0 Å². The van der Waals surface area contributed by atoms with Crippen molar-refractivity contribution in [2.75, 3.05) is 16.5 Å². The Kier molecular flexibility index (Phi) is 7.79. The summed E-state index contributed by atoms with van der Waals surface area (Å²) in [6.07, 6.45) is 6.24. The molecule has 1 aliphatic rings. The average Bonchev–Trinajstić information content (AvgIpc) is 3.68. The number of para-hydroxylation sites is 1. The maximum Gasteiger partial charge on any atom is 0.137 e. The first kappa shape index (κ1) is 30.6. The summed E-state index contributed by atoms with van der Waals surface area (Å²) in [6, 6.07) is 34.6. The molecule has 4 aromatic carbocycles. The SMILES string of the molecule is CC(C)c1cc(C(C)C)cc(N2C=CN(c3cccc(Oc4ccc5c6ccccc6n(-c6cc(C(C)(C)C)ccn6)c5c4)c3)C2)c1. The predicted octanol–water partition coefficient (Wildman–Crippen LogP) is 11.3. The summed E-state index contributed by atoms with van der Waals surface area (Å²) in [5, 5.41) is 2.37. The van der Waals surface area contributed by atoms with Gasteiger partial charge in [0, 0.05) is 52.9 Å². The van der Waals surface area contributed by atoms with Crippen molar-refractivity contribution in [3.8, 4) is 17.3 Å². The molecule has 0 fully saturated rings. The minimum absolute atomic E-state index is 0.0203. The number of pyridine rings is 1. The number of ether oxygens (including phenoxy) is 1. The van der Waals surface area contributed by atoms with Crippen LogP contribution in [0.5, 0.6) is 11.5 Å². The van der Waals surface area contributed by atoms with Gasteiger partial charge >= 0.3 is 0 Å². The fraction of sp³-hybridized carbons (Fsp3) is 0.262. The van der Waals surface area contributed by atoms with Crippen molar-refractivity contribution in [2.45, 2.75) is 65.7 Å². The third-order valence-corrected chi connectivity index (χ3v) is 9.23. The average molecular weight is 621 g/mol. The minimum atomic E-state index is 0.0203. The van der Waals surface area contributed by atoms with E-state index in [1.165, 1.54) is 33.2 Å². The molecule has 0 saturated carbocycles. The number of nitrogens with zero attached hydrogens (tertiary/aromatic N) is 4. The highest BCUT2D eigenvalue weighted by Crippen LogP contribution is 2.37. The molecule has 6 aromatic rings. The maximum absolute atomic E-state index is 6.55. The van der Waals surface area contributed by atoms with Crippen molar-refractivity contribution in [2.24, 2.45) is 0 Å². The zero-order valence-electron chi connectivity index (χ0n) is 28.5. The quantitative estimate of drug-likeness (QED) is 0.178. The molecule has 1 aliphatic heterocycles. The van der Waals surface area contributed by atoms with Crippen molar-refractivity contribution in [3.05, 3.63) is 132 Å². The third kappa shape index (κ3) is 5.98. The Labute approximate surface area is 278 Å². The lowest BCUT2D eigenvalue weighted by atomic mass is 9.88. The van der Waals surface area contributed by atoms with Crippen molar-refractivity contribution in [1.82, 2.24) is 9.55 Å². The van der Waals surface area contributed by atoms with Crippen LogP contribution in [0, 0.1) is 0 Å². The highest BCUT2D eigenvalue weighted by molar-refractivity contribution is 6.09. The fourth-order valence-corrected chi connectivity index (χ4v) is 6.38. The van der Waals surface area contributed by atoms with E-state index < -0.39 is 0 Å². The topological polar surface area (TPSA) is 33.5 Å². The third-order valence-electron chi connectivity index (χ3n) is 9.23. The summed E-state index contributed by atoms with van der Waals surface area (Å²) in [6.45, 7) is 16.5. The van der Waals surface area contributed by atoms with Crippen molar-refractivity contribution in [1.29, 1.82) is 0 Å². The van der Waals surface area contributed by atoms with Crippen LogP contribution in [-0.4, -0.2) is 16.2 Å². The summed E-state index contributed by atoms with van der Waals surface area (Å²) in [4.78, 5) is 9.41. The van der Waals surface area contributed by atoms with E-state index in [1.54, 1.807) is 0 Å². The zero-order valence-corrected chi connectivity index (χ0v) is 28.5. The van der Waals surface area contributed by atoms with E-state index in [9.17, 15) is 0 Å². The van der Waals surface area contributed by atoms with Crippen LogP contribution in [-0.2, 0) is 5.41 Å². The number of rotatable bonds is 7. The highest BCUT2D eigenvalue weighted by Gasteiger charge is 2.20. The van der Waals surface area contributed by atoms with E-state index in [1.807, 2.05) is 12.3 Å². The molecule has 2 aromatic heterocycles. The molecule has 0 radical (unpaired) electrons. The first-order valence-electron chi connectivity index (χ1n) is 16.7. The van der Waals surface area contributed by atoms with E-state index in [0.29, 0.717) is 11.8 Å². The van der Waals surface area contributed by atoms with Crippen LogP contribution in [0.2, 0.25) is 0 Å². The molecule has 5 heteroatoms. The van der Waals surface area contributed by atoms with Gasteiger partial charge in [0.15, 0.2) is 0 Å². The molecule has 3 heterocycles. The van der Waals surface area contributed by atoms with Crippen LogP contribution >= 0.6 is 0 Å². The lowest BCUT2D eigenvalue weighted by Gasteiger charge is -2.24. The van der Waals surface area contributed by atoms with E-state index in [0.717, 1.165) is 40.7 Å². The van der Waals surface area contributed by atoms with E-state index >= 15 is 0 Å². The Morgan fingerprint density at radius 3 is 2.04 bits per heavy atom. The standard InChI is InChI=1S/C42H44N4O/c1-28(2)30-21-31(29(3)4)23-34(22-30)45-20-19-44(27-45)33-11-10-12-35(25-33)47-36-15-16-38-37-13-8-9-14-39(37)46(40(38)26-36)41-24-32(17-18-43-41)42(5,6)7/h8-26,28-29H,27H2,1-7H3. The molecule has 5 nitrogen and oxygen atoms in total. The Balaban J connectivity index is 1.18. The number of hydrogen-bond donors (Lipinski definition) is 0. The fourth-order valence-electron chi connectivity index (χ4n) is 6.38. The van der Waals surface area contributed by atoms with Crippen molar-refractivity contribution in [3.63, 3.8) is 0 Å². The molecule has 47 heavy (non-hydrogen) atoms. The molecule has 0 spiro atoms. The summed E-state index contributed by atoms with van der Waals surface area (Å²) < 4.78 is 8.80. The number of benzene rings is 4. The second-order valence-electron chi connectivity index (χ2n) is 14.3. The number of hydrogen-bond acceptors (Lipinski definition) is 4. The Hall–Kier alpha value is -5.03. The minimum Gasteiger partial charge on any atom is -0.457 e. The summed E-state index contributed by atoms with van der Waals surface area (Å²) in [7, 11) is 0. The molecule has 0 amide bonds. The highest BCUT2D eigenvalue weighted by atomic mass is 16.5. The normalized spacial score (nSPS) is 13.6. The van der Waals surface area contributed by atoms with Crippen LogP contribution in [0.1, 0.15) is 77.0 Å². The molecule has 7 rings (SSSR count). The second kappa shape index (κ2) is 12.0. The van der Waals surface area contributed by atoms with Gasteiger partial charge < -0.3 is 14.5 Å². The summed E-state index contributed by atoms with van der Waals surface area (Å²) in [5.41, 5.74) is 8.54. The summed E-state index contributed by atoms with van der Waals surface area (Å²) >= 11 is 0. The van der Waals surface area contributed by atoms with Gasteiger partial charge in [0.05, 0.1) is 17.7 Å². The first-order valence-corrected chi connectivity index (χ1v) is 16.7. The molecular weight excluding hydrogens is 576 g/mol. The molecule has 0 saturated heterocycles. The van der Waals surface area contributed by atoms with Gasteiger partial charge in [-0.05, 0) is 88.5 Å². The lowest BCUT2D eigenvalue weighted by molar-refractivity contribution is 0.483. The van der Waals surface area contributed by atoms with Crippen molar-refractivity contribution < 1.29 is 4.74 Å². The molecule has 0 bridgehead atoms. The zero-order chi connectivity index (χ0) is 32.9. The smallest absolute Gasteiger partial charge is 0.137 e. The van der Waals surface area contributed by atoms with Gasteiger partial charge in [-0.2, -0.15) is 0 Å². The van der Waals surface area contributed by atoms with Gasteiger partial charge in [-0.1, -0.05) is 78.8 Å². The van der Waals surface area contributed by atoms with E-state index in [2.05, 4.69) is 166 Å². The van der Waals surface area contributed by atoms with Gasteiger partial charge in [-0.3, -0.25) is 4.57 Å². The van der Waals surface area contributed by atoms with Crippen LogP contribution in [0.15, 0.2) is 116 Å². The molecule has 0 atom stereocenters. The van der Waals surface area contributed by atoms with E-state index in [-0.39, 0.29) is 5.41 Å². The number of anilines is 2. The summed E-state index contributed by atoms with van der Waals surface area (Å²) in [5.74, 6) is 3.46. The second-order valence-corrected chi connectivity index (χ2v) is 14.3. The largest absolute Gasteiger partial charge is 0.457 e. The number of fused-ring (bicyclic) bond motifs is 3. The molecule has 238 valence electrons. The monoisotopic (exact) mass is 620 g/mol. The number of aromatic nitrogens is 2. The molecule has 0 unspecified atom stereocenters. The van der Waals surface area contributed by atoms with Crippen LogP contribution in [0.4, 0.5) is 11.4 Å². The van der Waals surface area contributed by atoms with Gasteiger partial charge in [-0.15, -0.1) is 0 Å².